The van der Waals surface area contributed by atoms with Gasteiger partial charge in [-0.1, -0.05) is 25.1 Å². The highest BCUT2D eigenvalue weighted by molar-refractivity contribution is 9.11. The van der Waals surface area contributed by atoms with Crippen LogP contribution in [0.15, 0.2) is 34.1 Å². The van der Waals surface area contributed by atoms with Crippen LogP contribution in [-0.2, 0) is 12.8 Å². The van der Waals surface area contributed by atoms with Crippen molar-refractivity contribution in [2.45, 2.75) is 39.7 Å². The van der Waals surface area contributed by atoms with Crippen molar-refractivity contribution in [1.82, 2.24) is 5.32 Å². The molecule has 0 radical (unpaired) electrons. The molecule has 0 saturated carbocycles. The lowest BCUT2D eigenvalue weighted by atomic mass is 9.99. The summed E-state index contributed by atoms with van der Waals surface area (Å²) >= 11 is 5.38. The lowest BCUT2D eigenvalue weighted by Crippen LogP contribution is -2.32. The Morgan fingerprint density at radius 1 is 1.10 bits per heavy atom. The van der Waals surface area contributed by atoms with E-state index in [4.69, 9.17) is 0 Å². The molecular formula is C17H22BrNS. The lowest BCUT2D eigenvalue weighted by molar-refractivity contribution is 0.524. The molecule has 0 aliphatic rings. The number of nitrogens with one attached hydrogen (secondary N) is 1. The number of halogens is 1. The normalized spacial score (nSPS) is 12.6. The first kappa shape index (κ1) is 15.7. The van der Waals surface area contributed by atoms with Gasteiger partial charge in [0.1, 0.15) is 0 Å². The van der Waals surface area contributed by atoms with Crippen LogP contribution in [-0.4, -0.2) is 12.6 Å². The molecule has 0 spiro atoms. The number of benzene rings is 1. The molecule has 1 atom stereocenters. The summed E-state index contributed by atoms with van der Waals surface area (Å²) in [6, 6.07) is 11.7. The van der Waals surface area contributed by atoms with Crippen LogP contribution in [0.3, 0.4) is 0 Å². The first-order valence-corrected chi connectivity index (χ1v) is 8.73. The molecule has 2 aromatic rings. The first-order valence-electron chi connectivity index (χ1n) is 7.12. The minimum atomic E-state index is 0.507. The number of hydrogen-bond acceptors (Lipinski definition) is 2. The number of thiophene rings is 1. The average molecular weight is 352 g/mol. The predicted octanol–water partition coefficient (Wildman–Crippen LogP) is 4.89. The summed E-state index contributed by atoms with van der Waals surface area (Å²) in [6.45, 7) is 7.56. The maximum absolute atomic E-state index is 3.61. The molecule has 1 nitrogen and oxygen atoms in total. The quantitative estimate of drug-likeness (QED) is 0.780. The standard InChI is InChI=1S/C17H22BrNS/c1-4-19-15(11-16-7-8-17(18)20-16)10-14-6-5-12(2)13(3)9-14/h5-9,15,19H,4,10-11H2,1-3H3. The Balaban J connectivity index is 2.06. The van der Waals surface area contributed by atoms with E-state index < -0.39 is 0 Å². The van der Waals surface area contributed by atoms with E-state index in [0.29, 0.717) is 6.04 Å². The van der Waals surface area contributed by atoms with Crippen molar-refractivity contribution in [3.05, 3.63) is 55.7 Å². The highest BCUT2D eigenvalue weighted by Crippen LogP contribution is 2.24. The average Bonchev–Trinajstić information content (AvgIpc) is 2.80. The van der Waals surface area contributed by atoms with E-state index in [0.717, 1.165) is 19.4 Å². The third kappa shape index (κ3) is 4.44. The van der Waals surface area contributed by atoms with E-state index in [-0.39, 0.29) is 0 Å². The van der Waals surface area contributed by atoms with Crippen molar-refractivity contribution in [2.24, 2.45) is 0 Å². The Hall–Kier alpha value is -0.640. The van der Waals surface area contributed by atoms with Gasteiger partial charge in [-0.15, -0.1) is 11.3 Å². The Morgan fingerprint density at radius 3 is 2.50 bits per heavy atom. The van der Waals surface area contributed by atoms with Crippen molar-refractivity contribution < 1.29 is 0 Å². The monoisotopic (exact) mass is 351 g/mol. The molecule has 1 aromatic heterocycles. The molecule has 1 N–H and O–H groups in total. The molecule has 0 aliphatic heterocycles. The van der Waals surface area contributed by atoms with Crippen LogP contribution in [0.25, 0.3) is 0 Å². The van der Waals surface area contributed by atoms with Crippen LogP contribution in [0.1, 0.15) is 28.5 Å². The van der Waals surface area contributed by atoms with Crippen molar-refractivity contribution >= 4 is 27.3 Å². The Kier molecular flexibility index (Phi) is 5.82. The van der Waals surface area contributed by atoms with Crippen LogP contribution in [0.4, 0.5) is 0 Å². The maximum Gasteiger partial charge on any atom is 0.0701 e. The summed E-state index contributed by atoms with van der Waals surface area (Å²) in [6.07, 6.45) is 2.18. The van der Waals surface area contributed by atoms with Crippen molar-refractivity contribution in [2.75, 3.05) is 6.54 Å². The first-order chi connectivity index (χ1) is 9.58. The highest BCUT2D eigenvalue weighted by Gasteiger charge is 2.11. The molecule has 0 fully saturated rings. The molecule has 1 heterocycles. The predicted molar refractivity (Wildman–Crippen MR) is 92.8 cm³/mol. The van der Waals surface area contributed by atoms with Crippen molar-refractivity contribution in [3.63, 3.8) is 0 Å². The number of rotatable bonds is 6. The van der Waals surface area contributed by atoms with Crippen molar-refractivity contribution in [1.29, 1.82) is 0 Å². The Labute approximate surface area is 134 Å². The molecule has 1 unspecified atom stereocenters. The van der Waals surface area contributed by atoms with E-state index in [1.54, 1.807) is 0 Å². The molecule has 20 heavy (non-hydrogen) atoms. The third-order valence-electron chi connectivity index (χ3n) is 3.62. The fourth-order valence-electron chi connectivity index (χ4n) is 2.42. The van der Waals surface area contributed by atoms with Crippen LogP contribution < -0.4 is 5.32 Å². The summed E-state index contributed by atoms with van der Waals surface area (Å²) in [5.41, 5.74) is 4.18. The molecular weight excluding hydrogens is 330 g/mol. The van der Waals surface area contributed by atoms with Gasteiger partial charge in [0.2, 0.25) is 0 Å². The summed E-state index contributed by atoms with van der Waals surface area (Å²) in [5, 5.41) is 3.61. The zero-order valence-electron chi connectivity index (χ0n) is 12.4. The van der Waals surface area contributed by atoms with Gasteiger partial charge in [-0.2, -0.15) is 0 Å². The fourth-order valence-corrected chi connectivity index (χ4v) is 3.99. The smallest absolute Gasteiger partial charge is 0.0701 e. The molecule has 108 valence electrons. The summed E-state index contributed by atoms with van der Waals surface area (Å²) in [5.74, 6) is 0. The Bertz CT molecular complexity index is 562. The van der Waals surface area contributed by atoms with E-state index in [2.05, 4.69) is 72.3 Å². The number of likely N-dealkylation sites (N-methyl/N-ethyl adjacent to an activating group) is 1. The second-order valence-corrected chi connectivity index (χ2v) is 7.83. The van der Waals surface area contributed by atoms with Gasteiger partial charge in [-0.05, 0) is 78.0 Å². The SMILES string of the molecule is CCNC(Cc1ccc(C)c(C)c1)Cc1ccc(Br)s1. The molecule has 3 heteroatoms. The van der Waals surface area contributed by atoms with Gasteiger partial charge in [-0.3, -0.25) is 0 Å². The van der Waals surface area contributed by atoms with E-state index in [9.17, 15) is 0 Å². The highest BCUT2D eigenvalue weighted by atomic mass is 79.9. The zero-order valence-corrected chi connectivity index (χ0v) is 14.8. The molecule has 0 bridgehead atoms. The van der Waals surface area contributed by atoms with Crippen LogP contribution in [0, 0.1) is 13.8 Å². The van der Waals surface area contributed by atoms with Crippen LogP contribution >= 0.6 is 27.3 Å². The lowest BCUT2D eigenvalue weighted by Gasteiger charge is -2.18. The second-order valence-electron chi connectivity index (χ2n) is 5.29. The maximum atomic E-state index is 3.61. The molecule has 0 saturated heterocycles. The van der Waals surface area contributed by atoms with Crippen LogP contribution in [0.2, 0.25) is 0 Å². The number of hydrogen-bond donors (Lipinski definition) is 1. The molecule has 1 aromatic carbocycles. The van der Waals surface area contributed by atoms with Gasteiger partial charge in [0.25, 0.3) is 0 Å². The van der Waals surface area contributed by atoms with Crippen LogP contribution in [0.5, 0.6) is 0 Å². The van der Waals surface area contributed by atoms with Gasteiger partial charge >= 0.3 is 0 Å². The van der Waals surface area contributed by atoms with Gasteiger partial charge in [0.05, 0.1) is 3.79 Å². The second kappa shape index (κ2) is 7.39. The third-order valence-corrected chi connectivity index (χ3v) is 5.27. The zero-order chi connectivity index (χ0) is 14.5. The summed E-state index contributed by atoms with van der Waals surface area (Å²) in [7, 11) is 0. The van der Waals surface area contributed by atoms with Gasteiger partial charge < -0.3 is 5.32 Å². The van der Waals surface area contributed by atoms with Gasteiger partial charge in [0, 0.05) is 10.9 Å². The fraction of sp³-hybridized carbons (Fsp3) is 0.412. The Morgan fingerprint density at radius 2 is 1.90 bits per heavy atom. The van der Waals surface area contributed by atoms with E-state index >= 15 is 0 Å². The van der Waals surface area contributed by atoms with E-state index in [1.165, 1.54) is 25.4 Å². The largest absolute Gasteiger partial charge is 0.314 e. The minimum absolute atomic E-state index is 0.507. The van der Waals surface area contributed by atoms with Gasteiger partial charge in [0.15, 0.2) is 0 Å². The summed E-state index contributed by atoms with van der Waals surface area (Å²) < 4.78 is 1.22. The van der Waals surface area contributed by atoms with Gasteiger partial charge in [-0.25, -0.2) is 0 Å². The summed E-state index contributed by atoms with van der Waals surface area (Å²) in [4.78, 5) is 1.44. The number of aryl methyl sites for hydroxylation is 2. The topological polar surface area (TPSA) is 12.0 Å². The molecule has 2 rings (SSSR count). The molecule has 0 amide bonds. The molecule has 0 aliphatic carbocycles. The minimum Gasteiger partial charge on any atom is -0.314 e. The van der Waals surface area contributed by atoms with Crippen molar-refractivity contribution in [3.8, 4) is 0 Å². The van der Waals surface area contributed by atoms with E-state index in [1.807, 2.05) is 11.3 Å².